The molecule has 5 heteroatoms. The fourth-order valence-electron chi connectivity index (χ4n) is 0.324. The van der Waals surface area contributed by atoms with Gasteiger partial charge in [-0.2, -0.15) is 4.89 Å². The molecule has 1 aliphatic rings. The van der Waals surface area contributed by atoms with Crippen molar-refractivity contribution in [3.8, 4) is 0 Å². The summed E-state index contributed by atoms with van der Waals surface area (Å²) in [5.74, 6) is 5.38. The molecule has 1 aliphatic heterocycles. The van der Waals surface area contributed by atoms with Gasteiger partial charge in [0.15, 0.2) is 0 Å². The second-order valence-corrected chi connectivity index (χ2v) is 1.08. The number of hydrogen-bond donors (Lipinski definition) is 2. The van der Waals surface area contributed by atoms with Crippen molar-refractivity contribution in [2.75, 3.05) is 6.61 Å². The second-order valence-electron chi connectivity index (χ2n) is 1.08. The highest BCUT2D eigenvalue weighted by Crippen LogP contribution is 1.99. The number of nitrogens with one attached hydrogen (secondary N) is 1. The highest BCUT2D eigenvalue weighted by Gasteiger charge is 2.01. The first-order valence-corrected chi connectivity index (χ1v) is 1.90. The smallest absolute Gasteiger partial charge is 0.242 e. The Hall–Kier alpha value is -0.450. The van der Waals surface area contributed by atoms with E-state index in [1.54, 1.807) is 6.08 Å². The second kappa shape index (κ2) is 3.54. The molecule has 4 nitrogen and oxygen atoms in total. The van der Waals surface area contributed by atoms with Crippen LogP contribution in [0.2, 0.25) is 0 Å². The molecule has 0 aromatic rings. The van der Waals surface area contributed by atoms with Crippen molar-refractivity contribution in [3.05, 3.63) is 12.0 Å². The minimum absolute atomic E-state index is 0. The van der Waals surface area contributed by atoms with Gasteiger partial charge in [-0.05, 0) is 0 Å². The summed E-state index contributed by atoms with van der Waals surface area (Å²) in [6.07, 6.45) is 1.69. The lowest BCUT2D eigenvalue weighted by atomic mass is 10.6. The Morgan fingerprint density at radius 3 is 2.75 bits per heavy atom. The molecule has 48 valence electrons. The number of halogens is 1. The van der Waals surface area contributed by atoms with Crippen molar-refractivity contribution < 1.29 is 9.78 Å². The number of hydrogen-bond acceptors (Lipinski definition) is 4. The van der Waals surface area contributed by atoms with Gasteiger partial charge < -0.3 is 4.89 Å². The third kappa shape index (κ3) is 1.57. The molecule has 0 atom stereocenters. The summed E-state index contributed by atoms with van der Waals surface area (Å²) in [5.41, 5.74) is 2.28. The van der Waals surface area contributed by atoms with Crippen LogP contribution < -0.4 is 11.3 Å². The molecule has 0 amide bonds. The summed E-state index contributed by atoms with van der Waals surface area (Å²) < 4.78 is 0. The van der Waals surface area contributed by atoms with E-state index in [1.807, 2.05) is 0 Å². The van der Waals surface area contributed by atoms with E-state index in [-0.39, 0.29) is 12.4 Å². The first-order valence-electron chi connectivity index (χ1n) is 1.90. The largest absolute Gasteiger partial charge is 0.318 e. The van der Waals surface area contributed by atoms with Crippen molar-refractivity contribution in [2.45, 2.75) is 0 Å². The van der Waals surface area contributed by atoms with Gasteiger partial charge in [-0.25, -0.2) is 5.84 Å². The highest BCUT2D eigenvalue weighted by atomic mass is 35.5. The van der Waals surface area contributed by atoms with Crippen molar-refractivity contribution in [1.82, 2.24) is 5.43 Å². The molecular weight excluding hydrogens is 131 g/mol. The van der Waals surface area contributed by atoms with E-state index >= 15 is 0 Å². The average Bonchev–Trinajstić information content (AvgIpc) is 2.14. The van der Waals surface area contributed by atoms with E-state index in [0.29, 0.717) is 12.5 Å². The van der Waals surface area contributed by atoms with Crippen LogP contribution in [0.1, 0.15) is 0 Å². The number of hydrazine groups is 1. The molecule has 8 heavy (non-hydrogen) atoms. The summed E-state index contributed by atoms with van der Waals surface area (Å²) in [7, 11) is 0. The maximum absolute atomic E-state index is 4.91. The van der Waals surface area contributed by atoms with Crippen LogP contribution in [0.15, 0.2) is 12.0 Å². The van der Waals surface area contributed by atoms with Gasteiger partial charge in [-0.3, -0.25) is 5.43 Å². The fraction of sp³-hybridized carbons (Fsp3) is 0.333. The van der Waals surface area contributed by atoms with Crippen LogP contribution >= 0.6 is 12.4 Å². The summed E-state index contributed by atoms with van der Waals surface area (Å²) in [4.78, 5) is 8.84. The molecule has 0 aromatic heterocycles. The summed E-state index contributed by atoms with van der Waals surface area (Å²) in [6.45, 7) is 0.472. The summed E-state index contributed by atoms with van der Waals surface area (Å²) in [5, 5.41) is 0. The van der Waals surface area contributed by atoms with Gasteiger partial charge in [0.25, 0.3) is 0 Å². The molecule has 1 heterocycles. The van der Waals surface area contributed by atoms with Crippen molar-refractivity contribution in [3.63, 3.8) is 0 Å². The zero-order valence-electron chi connectivity index (χ0n) is 4.09. The quantitative estimate of drug-likeness (QED) is 0.296. The average molecular weight is 139 g/mol. The fourth-order valence-corrected chi connectivity index (χ4v) is 0.324. The molecule has 0 saturated heterocycles. The van der Waals surface area contributed by atoms with Gasteiger partial charge in [-0.15, -0.1) is 12.4 Å². The van der Waals surface area contributed by atoms with E-state index in [9.17, 15) is 0 Å². The molecular formula is C3H7ClN2O2. The van der Waals surface area contributed by atoms with Crippen molar-refractivity contribution >= 4 is 12.4 Å². The maximum Gasteiger partial charge on any atom is 0.242 e. The first-order chi connectivity index (χ1) is 3.43. The van der Waals surface area contributed by atoms with Crippen LogP contribution in [0.5, 0.6) is 0 Å². The van der Waals surface area contributed by atoms with E-state index in [1.165, 1.54) is 0 Å². The molecule has 0 saturated carbocycles. The Morgan fingerprint density at radius 2 is 2.50 bits per heavy atom. The summed E-state index contributed by atoms with van der Waals surface area (Å²) >= 11 is 0. The molecule has 1 rings (SSSR count). The van der Waals surface area contributed by atoms with Gasteiger partial charge in [-0.1, -0.05) is 0 Å². The third-order valence-electron chi connectivity index (χ3n) is 0.628. The van der Waals surface area contributed by atoms with E-state index in [4.69, 9.17) is 5.84 Å². The molecule has 0 fully saturated rings. The third-order valence-corrected chi connectivity index (χ3v) is 0.628. The van der Waals surface area contributed by atoms with Gasteiger partial charge in [0.2, 0.25) is 5.88 Å². The molecule has 0 unspecified atom stereocenters. The van der Waals surface area contributed by atoms with Crippen LogP contribution in [0, 0.1) is 0 Å². The van der Waals surface area contributed by atoms with Crippen LogP contribution in [-0.2, 0) is 9.78 Å². The Bertz CT molecular complexity index is 95.3. The van der Waals surface area contributed by atoms with Crippen LogP contribution in [-0.4, -0.2) is 6.61 Å². The van der Waals surface area contributed by atoms with Crippen molar-refractivity contribution in [1.29, 1.82) is 0 Å². The summed E-state index contributed by atoms with van der Waals surface area (Å²) in [6, 6.07) is 0. The van der Waals surface area contributed by atoms with E-state index in [2.05, 4.69) is 15.2 Å². The topological polar surface area (TPSA) is 56.5 Å². The predicted molar refractivity (Wildman–Crippen MR) is 29.7 cm³/mol. The van der Waals surface area contributed by atoms with Gasteiger partial charge in [0.1, 0.15) is 6.61 Å². The minimum atomic E-state index is 0. The van der Waals surface area contributed by atoms with Gasteiger partial charge in [0.05, 0.1) is 0 Å². The molecule has 0 aromatic carbocycles. The Balaban J connectivity index is 0.000000490. The SMILES string of the molecule is Cl.NNC1=CCOO1. The number of rotatable bonds is 1. The molecule has 0 spiro atoms. The lowest BCUT2D eigenvalue weighted by Gasteiger charge is -1.94. The van der Waals surface area contributed by atoms with Gasteiger partial charge in [0, 0.05) is 6.08 Å². The normalized spacial score (nSPS) is 15.9. The van der Waals surface area contributed by atoms with E-state index < -0.39 is 0 Å². The minimum Gasteiger partial charge on any atom is -0.318 e. The van der Waals surface area contributed by atoms with Crippen LogP contribution in [0.25, 0.3) is 0 Å². The first kappa shape index (κ1) is 7.55. The van der Waals surface area contributed by atoms with Crippen LogP contribution in [0.4, 0.5) is 0 Å². The van der Waals surface area contributed by atoms with Crippen LogP contribution in [0.3, 0.4) is 0 Å². The maximum atomic E-state index is 4.91. The highest BCUT2D eigenvalue weighted by molar-refractivity contribution is 5.85. The van der Waals surface area contributed by atoms with Gasteiger partial charge >= 0.3 is 0 Å². The zero-order valence-corrected chi connectivity index (χ0v) is 4.90. The monoisotopic (exact) mass is 138 g/mol. The van der Waals surface area contributed by atoms with E-state index in [0.717, 1.165) is 0 Å². The Morgan fingerprint density at radius 1 is 1.75 bits per heavy atom. The lowest BCUT2D eigenvalue weighted by Crippen LogP contribution is -2.20. The standard InChI is InChI=1S/C3H6N2O2.ClH/c4-5-3-1-2-6-7-3;/h1,5H,2,4H2;1H. The number of nitrogens with two attached hydrogens (primary N) is 1. The Labute approximate surface area is 52.9 Å². The predicted octanol–water partition coefficient (Wildman–Crippen LogP) is -0.325. The molecule has 0 bridgehead atoms. The Kier molecular flexibility index (Phi) is 3.34. The molecule has 0 radical (unpaired) electrons. The molecule has 0 aliphatic carbocycles. The molecule has 3 N–H and O–H groups in total. The van der Waals surface area contributed by atoms with Crippen molar-refractivity contribution in [2.24, 2.45) is 5.84 Å². The lowest BCUT2D eigenvalue weighted by molar-refractivity contribution is -0.238. The zero-order chi connectivity index (χ0) is 5.11.